The Morgan fingerprint density at radius 3 is 2.19 bits per heavy atom. The molecule has 4 nitrogen and oxygen atoms in total. The lowest BCUT2D eigenvalue weighted by Gasteiger charge is -2.06. The van der Waals surface area contributed by atoms with Crippen LogP contribution in [0, 0.1) is 11.6 Å². The molecule has 7 heteroatoms. The second kappa shape index (κ2) is 5.61. The third-order valence-corrected chi connectivity index (χ3v) is 4.50. The van der Waals surface area contributed by atoms with E-state index in [0.29, 0.717) is 11.6 Å². The van der Waals surface area contributed by atoms with E-state index in [-0.39, 0.29) is 5.56 Å². The highest BCUT2D eigenvalue weighted by Crippen LogP contribution is 2.20. The molecule has 0 spiro atoms. The molecule has 0 atom stereocenters. The minimum atomic E-state index is -3.98. The summed E-state index contributed by atoms with van der Waals surface area (Å²) in [6, 6.07) is 7.42. The van der Waals surface area contributed by atoms with Crippen molar-refractivity contribution in [3.05, 3.63) is 65.2 Å². The lowest BCUT2D eigenvalue weighted by atomic mass is 10.1. The SMILES string of the molecule is O=C(O)c1ccc(CS(=O)(=O)c2ccc(F)cc2F)cc1. The molecule has 0 saturated carbocycles. The number of aromatic carboxylic acids is 1. The van der Waals surface area contributed by atoms with Crippen LogP contribution in [0.15, 0.2) is 47.4 Å². The lowest BCUT2D eigenvalue weighted by molar-refractivity contribution is 0.0697. The van der Waals surface area contributed by atoms with Crippen molar-refractivity contribution in [3.63, 3.8) is 0 Å². The number of carboxylic acids is 1. The van der Waals surface area contributed by atoms with Crippen LogP contribution >= 0.6 is 0 Å². The molecule has 1 N–H and O–H groups in total. The first-order valence-corrected chi connectivity index (χ1v) is 7.45. The van der Waals surface area contributed by atoms with Crippen LogP contribution < -0.4 is 0 Å². The van der Waals surface area contributed by atoms with Gasteiger partial charge in [0.1, 0.15) is 16.5 Å². The molecule has 0 fully saturated rings. The molecule has 2 aromatic carbocycles. The Morgan fingerprint density at radius 1 is 1.05 bits per heavy atom. The van der Waals surface area contributed by atoms with E-state index >= 15 is 0 Å². The van der Waals surface area contributed by atoms with Crippen molar-refractivity contribution in [2.75, 3.05) is 0 Å². The highest BCUT2D eigenvalue weighted by Gasteiger charge is 2.20. The molecule has 0 aromatic heterocycles. The Bertz CT molecular complexity index is 783. The van der Waals surface area contributed by atoms with Crippen molar-refractivity contribution in [1.82, 2.24) is 0 Å². The van der Waals surface area contributed by atoms with E-state index in [1.807, 2.05) is 0 Å². The third-order valence-electron chi connectivity index (χ3n) is 2.79. The lowest BCUT2D eigenvalue weighted by Crippen LogP contribution is -2.08. The van der Waals surface area contributed by atoms with Crippen molar-refractivity contribution < 1.29 is 27.1 Å². The van der Waals surface area contributed by atoms with Gasteiger partial charge in [-0.1, -0.05) is 12.1 Å². The van der Waals surface area contributed by atoms with Gasteiger partial charge in [0.15, 0.2) is 9.84 Å². The Labute approximate surface area is 119 Å². The Hall–Kier alpha value is -2.28. The number of hydrogen-bond donors (Lipinski definition) is 1. The Balaban J connectivity index is 2.30. The molecular weight excluding hydrogens is 302 g/mol. The average molecular weight is 312 g/mol. The molecular formula is C14H10F2O4S. The number of halogens is 2. The van der Waals surface area contributed by atoms with E-state index in [0.717, 1.165) is 12.1 Å². The van der Waals surface area contributed by atoms with Crippen LogP contribution in [0.25, 0.3) is 0 Å². The first-order valence-electron chi connectivity index (χ1n) is 5.79. The predicted octanol–water partition coefficient (Wildman–Crippen LogP) is 2.64. The molecule has 0 aliphatic heterocycles. The molecule has 0 aliphatic carbocycles. The summed E-state index contributed by atoms with van der Waals surface area (Å²) in [5.74, 6) is -3.65. The monoisotopic (exact) mass is 312 g/mol. The number of carbonyl (C=O) groups is 1. The minimum absolute atomic E-state index is 0.0177. The van der Waals surface area contributed by atoms with Gasteiger partial charge in [0.05, 0.1) is 11.3 Å². The van der Waals surface area contributed by atoms with Crippen LogP contribution in [0.2, 0.25) is 0 Å². The summed E-state index contributed by atoms with van der Waals surface area (Å²) in [4.78, 5) is 10.1. The van der Waals surface area contributed by atoms with Crippen LogP contribution in [-0.2, 0) is 15.6 Å². The normalized spacial score (nSPS) is 11.3. The van der Waals surface area contributed by atoms with Gasteiger partial charge in [-0.2, -0.15) is 0 Å². The van der Waals surface area contributed by atoms with Crippen molar-refractivity contribution in [2.24, 2.45) is 0 Å². The summed E-state index contributed by atoms with van der Waals surface area (Å²) < 4.78 is 50.5. The molecule has 21 heavy (non-hydrogen) atoms. The van der Waals surface area contributed by atoms with Gasteiger partial charge in [0, 0.05) is 6.07 Å². The summed E-state index contributed by atoms with van der Waals surface area (Å²) >= 11 is 0. The van der Waals surface area contributed by atoms with Gasteiger partial charge in [0.25, 0.3) is 0 Å². The van der Waals surface area contributed by atoms with E-state index in [1.165, 1.54) is 24.3 Å². The van der Waals surface area contributed by atoms with Gasteiger partial charge in [-0.3, -0.25) is 0 Å². The zero-order valence-corrected chi connectivity index (χ0v) is 11.4. The molecule has 0 radical (unpaired) electrons. The van der Waals surface area contributed by atoms with Gasteiger partial charge in [0.2, 0.25) is 0 Å². The number of rotatable bonds is 4. The molecule has 0 unspecified atom stereocenters. The second-order valence-corrected chi connectivity index (χ2v) is 6.29. The highest BCUT2D eigenvalue weighted by molar-refractivity contribution is 7.90. The number of carboxylic acid groups (broad SMARTS) is 1. The second-order valence-electron chi connectivity index (χ2n) is 4.34. The fraction of sp³-hybridized carbons (Fsp3) is 0.0714. The van der Waals surface area contributed by atoms with Gasteiger partial charge in [-0.15, -0.1) is 0 Å². The van der Waals surface area contributed by atoms with Crippen molar-refractivity contribution in [2.45, 2.75) is 10.6 Å². The van der Waals surface area contributed by atoms with E-state index in [2.05, 4.69) is 0 Å². The van der Waals surface area contributed by atoms with E-state index < -0.39 is 38.1 Å². The predicted molar refractivity (Wildman–Crippen MR) is 70.6 cm³/mol. The van der Waals surface area contributed by atoms with Crippen molar-refractivity contribution in [1.29, 1.82) is 0 Å². The molecule has 0 amide bonds. The van der Waals surface area contributed by atoms with Crippen molar-refractivity contribution in [3.8, 4) is 0 Å². The van der Waals surface area contributed by atoms with Crippen LogP contribution in [0.5, 0.6) is 0 Å². The summed E-state index contributed by atoms with van der Waals surface area (Å²) in [5.41, 5.74) is 0.327. The zero-order chi connectivity index (χ0) is 15.6. The standard InChI is InChI=1S/C14H10F2O4S/c15-11-5-6-13(12(16)7-11)21(19,20)8-9-1-3-10(4-2-9)14(17)18/h1-7H,8H2,(H,17,18). The number of hydrogen-bond acceptors (Lipinski definition) is 3. The summed E-state index contributed by atoms with van der Waals surface area (Å²) in [6.07, 6.45) is 0. The zero-order valence-electron chi connectivity index (χ0n) is 10.6. The fourth-order valence-corrected chi connectivity index (χ4v) is 3.19. The van der Waals surface area contributed by atoms with E-state index in [1.54, 1.807) is 0 Å². The van der Waals surface area contributed by atoms with Gasteiger partial charge < -0.3 is 5.11 Å². The summed E-state index contributed by atoms with van der Waals surface area (Å²) in [7, 11) is -3.98. The van der Waals surface area contributed by atoms with E-state index in [4.69, 9.17) is 5.11 Å². The van der Waals surface area contributed by atoms with Crippen LogP contribution in [0.4, 0.5) is 8.78 Å². The molecule has 0 aliphatic rings. The van der Waals surface area contributed by atoms with Crippen LogP contribution in [0.3, 0.4) is 0 Å². The molecule has 0 bridgehead atoms. The quantitative estimate of drug-likeness (QED) is 0.881. The number of sulfone groups is 1. The highest BCUT2D eigenvalue weighted by atomic mass is 32.2. The van der Waals surface area contributed by atoms with Crippen LogP contribution in [-0.4, -0.2) is 19.5 Å². The molecule has 2 aromatic rings. The average Bonchev–Trinajstić information content (AvgIpc) is 2.38. The molecule has 0 saturated heterocycles. The largest absolute Gasteiger partial charge is 0.478 e. The van der Waals surface area contributed by atoms with E-state index in [9.17, 15) is 22.0 Å². The maximum Gasteiger partial charge on any atom is 0.335 e. The van der Waals surface area contributed by atoms with Gasteiger partial charge in [-0.25, -0.2) is 22.0 Å². The Morgan fingerprint density at radius 2 is 1.67 bits per heavy atom. The maximum atomic E-state index is 13.5. The van der Waals surface area contributed by atoms with Crippen molar-refractivity contribution >= 4 is 15.8 Å². The first kappa shape index (κ1) is 15.1. The maximum absolute atomic E-state index is 13.5. The summed E-state index contributed by atoms with van der Waals surface area (Å²) in [5, 5.41) is 8.75. The van der Waals surface area contributed by atoms with Gasteiger partial charge in [-0.05, 0) is 29.8 Å². The Kier molecular flexibility index (Phi) is 4.04. The fourth-order valence-electron chi connectivity index (χ4n) is 1.77. The topological polar surface area (TPSA) is 71.4 Å². The van der Waals surface area contributed by atoms with Crippen LogP contribution in [0.1, 0.15) is 15.9 Å². The third kappa shape index (κ3) is 3.43. The number of benzene rings is 2. The smallest absolute Gasteiger partial charge is 0.335 e. The molecule has 0 heterocycles. The summed E-state index contributed by atoms with van der Waals surface area (Å²) in [6.45, 7) is 0. The molecule has 2 rings (SSSR count). The van der Waals surface area contributed by atoms with Gasteiger partial charge >= 0.3 is 5.97 Å². The molecule has 110 valence electrons. The minimum Gasteiger partial charge on any atom is -0.478 e. The first-order chi connectivity index (χ1) is 9.79.